The van der Waals surface area contributed by atoms with E-state index in [1.807, 2.05) is 16.8 Å². The summed E-state index contributed by atoms with van der Waals surface area (Å²) in [6.45, 7) is 0.116. The summed E-state index contributed by atoms with van der Waals surface area (Å²) in [4.78, 5) is 4.24. The number of aromatic nitrogens is 2. The molecule has 0 radical (unpaired) electrons. The van der Waals surface area contributed by atoms with Crippen LogP contribution in [0.1, 0.15) is 5.82 Å². The summed E-state index contributed by atoms with van der Waals surface area (Å²) in [5, 5.41) is 8.81. The van der Waals surface area contributed by atoms with Crippen LogP contribution in [0, 0.1) is 0 Å². The number of hydrogen-bond donors (Lipinski definition) is 0. The van der Waals surface area contributed by atoms with Crippen LogP contribution in [0.15, 0.2) is 33.5 Å². The van der Waals surface area contributed by atoms with Gasteiger partial charge >= 0.3 is 0 Å². The molecule has 0 aliphatic carbocycles. The molecule has 2 heterocycles. The fourth-order valence-electron chi connectivity index (χ4n) is 1.57. The minimum Gasteiger partial charge on any atom is -0.484 e. The number of halogens is 3. The highest BCUT2D eigenvalue weighted by Gasteiger charge is 2.12. The van der Waals surface area contributed by atoms with E-state index in [0.717, 1.165) is 5.56 Å². The monoisotopic (exact) mass is 360 g/mol. The van der Waals surface area contributed by atoms with Gasteiger partial charge < -0.3 is 9.26 Å². The predicted molar refractivity (Wildman–Crippen MR) is 83.4 cm³/mol. The minimum absolute atomic E-state index is 0.116. The summed E-state index contributed by atoms with van der Waals surface area (Å²) in [5.74, 6) is 1.28. The molecule has 0 unspecified atom stereocenters. The molecule has 0 bridgehead atoms. The predicted octanol–water partition coefficient (Wildman–Crippen LogP) is 5.34. The van der Waals surface area contributed by atoms with Gasteiger partial charge in [-0.05, 0) is 17.5 Å². The van der Waals surface area contributed by atoms with Crippen LogP contribution in [-0.4, -0.2) is 10.1 Å². The Labute approximate surface area is 139 Å². The summed E-state index contributed by atoms with van der Waals surface area (Å²) in [7, 11) is 0. The van der Waals surface area contributed by atoms with Crippen molar-refractivity contribution in [1.29, 1.82) is 0 Å². The Morgan fingerprint density at radius 3 is 2.71 bits per heavy atom. The Bertz CT molecular complexity index is 759. The normalized spacial score (nSPS) is 10.8. The maximum atomic E-state index is 6.02. The Hall–Kier alpha value is -1.27. The van der Waals surface area contributed by atoms with Crippen LogP contribution in [0.2, 0.25) is 15.1 Å². The number of benzene rings is 1. The molecule has 0 spiro atoms. The lowest BCUT2D eigenvalue weighted by Crippen LogP contribution is -1.98. The van der Waals surface area contributed by atoms with Crippen LogP contribution < -0.4 is 4.74 Å². The number of ether oxygens (including phenoxy) is 1. The van der Waals surface area contributed by atoms with Gasteiger partial charge in [-0.1, -0.05) is 40.0 Å². The fourth-order valence-corrected chi connectivity index (χ4v) is 2.79. The largest absolute Gasteiger partial charge is 0.484 e. The maximum absolute atomic E-state index is 6.02. The van der Waals surface area contributed by atoms with E-state index >= 15 is 0 Å². The molecule has 1 aromatic carbocycles. The topological polar surface area (TPSA) is 48.2 Å². The summed E-state index contributed by atoms with van der Waals surface area (Å²) in [6.07, 6.45) is 0. The van der Waals surface area contributed by atoms with Gasteiger partial charge in [0.2, 0.25) is 5.82 Å². The number of rotatable bonds is 4. The number of hydrogen-bond acceptors (Lipinski definition) is 5. The van der Waals surface area contributed by atoms with Crippen LogP contribution in [0.4, 0.5) is 0 Å². The van der Waals surface area contributed by atoms with E-state index in [9.17, 15) is 0 Å². The second-order valence-electron chi connectivity index (χ2n) is 4.01. The Morgan fingerprint density at radius 2 is 1.95 bits per heavy atom. The molecule has 108 valence electrons. The van der Waals surface area contributed by atoms with Crippen LogP contribution in [-0.2, 0) is 6.61 Å². The molecule has 0 saturated heterocycles. The molecular formula is C13H7Cl3N2O2S. The summed E-state index contributed by atoms with van der Waals surface area (Å²) in [5.41, 5.74) is 0.881. The maximum Gasteiger partial charge on any atom is 0.258 e. The van der Waals surface area contributed by atoms with Gasteiger partial charge in [-0.25, -0.2) is 0 Å². The number of thiophene rings is 1. The zero-order chi connectivity index (χ0) is 14.8. The molecule has 2 aromatic heterocycles. The molecule has 8 heteroatoms. The Kier molecular flexibility index (Phi) is 4.35. The first kappa shape index (κ1) is 14.7. The van der Waals surface area contributed by atoms with Crippen LogP contribution in [0.3, 0.4) is 0 Å². The molecule has 3 rings (SSSR count). The molecule has 21 heavy (non-hydrogen) atoms. The van der Waals surface area contributed by atoms with E-state index < -0.39 is 0 Å². The highest BCUT2D eigenvalue weighted by Crippen LogP contribution is 2.34. The van der Waals surface area contributed by atoms with Crippen molar-refractivity contribution in [3.63, 3.8) is 0 Å². The van der Waals surface area contributed by atoms with E-state index in [1.54, 1.807) is 17.4 Å². The molecule has 0 amide bonds. The van der Waals surface area contributed by atoms with E-state index in [4.69, 9.17) is 44.1 Å². The van der Waals surface area contributed by atoms with Gasteiger partial charge in [0.1, 0.15) is 5.75 Å². The quantitative estimate of drug-likeness (QED) is 0.589. The smallest absolute Gasteiger partial charge is 0.258 e. The zero-order valence-corrected chi connectivity index (χ0v) is 13.4. The van der Waals surface area contributed by atoms with E-state index in [2.05, 4.69) is 10.1 Å². The van der Waals surface area contributed by atoms with Crippen molar-refractivity contribution in [2.75, 3.05) is 0 Å². The molecule has 0 N–H and O–H groups in total. The van der Waals surface area contributed by atoms with Crippen LogP contribution in [0.25, 0.3) is 11.5 Å². The zero-order valence-electron chi connectivity index (χ0n) is 10.3. The van der Waals surface area contributed by atoms with Crippen LogP contribution >= 0.6 is 46.1 Å². The summed E-state index contributed by atoms with van der Waals surface area (Å²) < 4.78 is 10.7. The standard InChI is InChI=1S/C13H7Cl3N2O2S/c14-8-3-10(16)11(4-9(8)15)19-5-12-17-13(20-18-12)7-1-2-21-6-7/h1-4,6H,5H2. The van der Waals surface area contributed by atoms with E-state index in [0.29, 0.717) is 32.5 Å². The van der Waals surface area contributed by atoms with E-state index in [-0.39, 0.29) is 6.61 Å². The average molecular weight is 362 g/mol. The van der Waals surface area contributed by atoms with Gasteiger partial charge in [-0.3, -0.25) is 0 Å². The van der Waals surface area contributed by atoms with Gasteiger partial charge in [0.15, 0.2) is 6.61 Å². The highest BCUT2D eigenvalue weighted by atomic mass is 35.5. The Balaban J connectivity index is 1.72. The molecule has 0 aliphatic rings. The van der Waals surface area contributed by atoms with Gasteiger partial charge in [0, 0.05) is 11.4 Å². The van der Waals surface area contributed by atoms with Gasteiger partial charge in [-0.2, -0.15) is 16.3 Å². The second kappa shape index (κ2) is 6.23. The molecule has 0 aliphatic heterocycles. The average Bonchev–Trinajstić information content (AvgIpc) is 3.11. The van der Waals surface area contributed by atoms with Gasteiger partial charge in [-0.15, -0.1) is 0 Å². The molecule has 0 fully saturated rings. The molecule has 4 nitrogen and oxygen atoms in total. The summed E-state index contributed by atoms with van der Waals surface area (Å²) >= 11 is 19.4. The van der Waals surface area contributed by atoms with E-state index in [1.165, 1.54) is 6.07 Å². The minimum atomic E-state index is 0.116. The first-order valence-corrected chi connectivity index (χ1v) is 7.83. The SMILES string of the molecule is Clc1cc(Cl)c(OCc2noc(-c3ccsc3)n2)cc1Cl. The summed E-state index contributed by atoms with van der Waals surface area (Å²) in [6, 6.07) is 4.97. The Morgan fingerprint density at radius 1 is 1.14 bits per heavy atom. The first-order valence-electron chi connectivity index (χ1n) is 5.76. The molecular weight excluding hydrogens is 355 g/mol. The van der Waals surface area contributed by atoms with Crippen molar-refractivity contribution in [2.45, 2.75) is 6.61 Å². The van der Waals surface area contributed by atoms with Gasteiger partial charge in [0.25, 0.3) is 5.89 Å². The van der Waals surface area contributed by atoms with Crippen molar-refractivity contribution in [3.05, 3.63) is 49.9 Å². The third kappa shape index (κ3) is 3.32. The fraction of sp³-hybridized carbons (Fsp3) is 0.0769. The van der Waals surface area contributed by atoms with Crippen molar-refractivity contribution in [2.24, 2.45) is 0 Å². The lowest BCUT2D eigenvalue weighted by atomic mass is 10.3. The van der Waals surface area contributed by atoms with Crippen molar-refractivity contribution >= 4 is 46.1 Å². The first-order chi connectivity index (χ1) is 10.1. The highest BCUT2D eigenvalue weighted by molar-refractivity contribution is 7.08. The molecule has 3 aromatic rings. The van der Waals surface area contributed by atoms with Gasteiger partial charge in [0.05, 0.1) is 20.6 Å². The lowest BCUT2D eigenvalue weighted by Gasteiger charge is -2.07. The van der Waals surface area contributed by atoms with Crippen LogP contribution in [0.5, 0.6) is 5.75 Å². The second-order valence-corrected chi connectivity index (χ2v) is 6.01. The molecule has 0 atom stereocenters. The van der Waals surface area contributed by atoms with Crippen molar-refractivity contribution in [1.82, 2.24) is 10.1 Å². The van der Waals surface area contributed by atoms with Crippen molar-refractivity contribution < 1.29 is 9.26 Å². The lowest BCUT2D eigenvalue weighted by molar-refractivity contribution is 0.287. The third-order valence-corrected chi connectivity index (χ3v) is 4.27. The molecule has 0 saturated carbocycles. The third-order valence-electron chi connectivity index (χ3n) is 2.57. The number of nitrogens with zero attached hydrogens (tertiary/aromatic N) is 2. The van der Waals surface area contributed by atoms with Crippen molar-refractivity contribution in [3.8, 4) is 17.2 Å².